The van der Waals surface area contributed by atoms with Crippen molar-refractivity contribution in [2.24, 2.45) is 0 Å². The highest BCUT2D eigenvalue weighted by Gasteiger charge is 2.50. The number of methoxy groups -OCH3 is 1. The van der Waals surface area contributed by atoms with Crippen molar-refractivity contribution in [3.8, 4) is 5.75 Å². The number of carbonyl (C=O) groups is 1. The molecule has 10 heteroatoms. The van der Waals surface area contributed by atoms with Crippen LogP contribution in [0.3, 0.4) is 0 Å². The molecule has 0 bridgehead atoms. The standard InChI is InChI=1S/C18H20N2O8/c1-17(19(23)24,11-28-20(25)26)10-18(2,16(21)22)14-6-4-13-9-15(27-3)7-5-12(13)8-14/h4-9H,10-11H2,1-3H3,(H,21,22)/t17?,18-/m0/s1. The van der Waals surface area contributed by atoms with E-state index >= 15 is 0 Å². The van der Waals surface area contributed by atoms with E-state index in [1.807, 2.05) is 0 Å². The molecule has 0 heterocycles. The molecule has 0 saturated heterocycles. The number of carboxylic acid groups (broad SMARTS) is 1. The van der Waals surface area contributed by atoms with Crippen LogP contribution in [0, 0.1) is 20.2 Å². The summed E-state index contributed by atoms with van der Waals surface area (Å²) in [5.74, 6) is -0.645. The van der Waals surface area contributed by atoms with Gasteiger partial charge in [-0.3, -0.25) is 14.9 Å². The van der Waals surface area contributed by atoms with Crippen molar-refractivity contribution in [3.05, 3.63) is 62.2 Å². The van der Waals surface area contributed by atoms with Gasteiger partial charge in [0.25, 0.3) is 5.09 Å². The Balaban J connectivity index is 2.49. The molecule has 0 aromatic heterocycles. The molecular weight excluding hydrogens is 372 g/mol. The minimum Gasteiger partial charge on any atom is -0.497 e. The van der Waals surface area contributed by atoms with E-state index in [0.29, 0.717) is 11.3 Å². The number of aliphatic carboxylic acids is 1. The lowest BCUT2D eigenvalue weighted by Gasteiger charge is -2.31. The zero-order valence-corrected chi connectivity index (χ0v) is 15.6. The number of ether oxygens (including phenoxy) is 1. The fourth-order valence-electron chi connectivity index (χ4n) is 3.12. The molecule has 1 unspecified atom stereocenters. The van der Waals surface area contributed by atoms with E-state index in [1.165, 1.54) is 14.0 Å². The van der Waals surface area contributed by atoms with Gasteiger partial charge in [-0.15, -0.1) is 10.1 Å². The first kappa shape index (κ1) is 20.9. The molecule has 1 N–H and O–H groups in total. The average Bonchev–Trinajstić information content (AvgIpc) is 2.65. The Hall–Kier alpha value is -3.43. The minimum atomic E-state index is -1.98. The van der Waals surface area contributed by atoms with Crippen molar-refractivity contribution in [1.82, 2.24) is 0 Å². The van der Waals surface area contributed by atoms with Crippen LogP contribution in [-0.4, -0.2) is 40.3 Å². The van der Waals surface area contributed by atoms with Crippen molar-refractivity contribution in [2.45, 2.75) is 31.2 Å². The van der Waals surface area contributed by atoms with Gasteiger partial charge in [0.15, 0.2) is 6.61 Å². The van der Waals surface area contributed by atoms with Crippen LogP contribution in [0.5, 0.6) is 5.75 Å². The number of hydrogen-bond acceptors (Lipinski definition) is 7. The van der Waals surface area contributed by atoms with Gasteiger partial charge in [0.1, 0.15) is 5.75 Å². The third-order valence-corrected chi connectivity index (χ3v) is 4.81. The van der Waals surface area contributed by atoms with E-state index in [0.717, 1.165) is 17.7 Å². The second kappa shape index (κ2) is 7.67. The first-order chi connectivity index (χ1) is 13.0. The SMILES string of the molecule is COc1ccc2cc([C@](C)(CC(C)(CO[N+](=O)[O-])[N+](=O)[O-])C(=O)O)ccc2c1. The van der Waals surface area contributed by atoms with Gasteiger partial charge in [0.2, 0.25) is 5.54 Å². The Bertz CT molecular complexity index is 931. The van der Waals surface area contributed by atoms with E-state index in [1.54, 1.807) is 36.4 Å². The molecule has 10 nitrogen and oxygen atoms in total. The normalized spacial score (nSPS) is 15.2. The van der Waals surface area contributed by atoms with Crippen LogP contribution in [0.15, 0.2) is 36.4 Å². The van der Waals surface area contributed by atoms with Crippen molar-refractivity contribution < 1.29 is 29.5 Å². The number of fused-ring (bicyclic) bond motifs is 1. The van der Waals surface area contributed by atoms with Gasteiger partial charge in [0.05, 0.1) is 12.5 Å². The molecule has 2 aromatic carbocycles. The van der Waals surface area contributed by atoms with Crippen LogP contribution >= 0.6 is 0 Å². The molecule has 28 heavy (non-hydrogen) atoms. The predicted molar refractivity (Wildman–Crippen MR) is 98.5 cm³/mol. The Labute approximate surface area is 159 Å². The third kappa shape index (κ3) is 4.11. The molecule has 150 valence electrons. The van der Waals surface area contributed by atoms with Crippen LogP contribution in [0.2, 0.25) is 0 Å². The maximum atomic E-state index is 12.1. The lowest BCUT2D eigenvalue weighted by Crippen LogP contribution is -2.48. The van der Waals surface area contributed by atoms with Gasteiger partial charge >= 0.3 is 5.97 Å². The molecule has 0 spiro atoms. The topological polar surface area (TPSA) is 142 Å². The lowest BCUT2D eigenvalue weighted by molar-refractivity contribution is -0.770. The predicted octanol–water partition coefficient (Wildman–Crippen LogP) is 2.82. The summed E-state index contributed by atoms with van der Waals surface area (Å²) in [6.07, 6.45) is -0.502. The van der Waals surface area contributed by atoms with E-state index < -0.39 is 40.0 Å². The van der Waals surface area contributed by atoms with Gasteiger partial charge in [-0.05, 0) is 35.4 Å². The second-order valence-corrected chi connectivity index (χ2v) is 6.99. The zero-order valence-electron chi connectivity index (χ0n) is 15.6. The second-order valence-electron chi connectivity index (χ2n) is 6.99. The third-order valence-electron chi connectivity index (χ3n) is 4.81. The van der Waals surface area contributed by atoms with E-state index in [4.69, 9.17) is 4.74 Å². The van der Waals surface area contributed by atoms with Crippen LogP contribution < -0.4 is 4.74 Å². The minimum absolute atomic E-state index is 0.340. The fourth-order valence-corrected chi connectivity index (χ4v) is 3.12. The fraction of sp³-hybridized carbons (Fsp3) is 0.389. The van der Waals surface area contributed by atoms with Crippen LogP contribution in [-0.2, 0) is 15.0 Å². The van der Waals surface area contributed by atoms with Crippen molar-refractivity contribution in [1.29, 1.82) is 0 Å². The first-order valence-electron chi connectivity index (χ1n) is 8.25. The van der Waals surface area contributed by atoms with Gasteiger partial charge in [-0.25, -0.2) is 0 Å². The molecule has 0 aliphatic rings. The maximum Gasteiger partial charge on any atom is 0.314 e. The van der Waals surface area contributed by atoms with Crippen molar-refractivity contribution in [3.63, 3.8) is 0 Å². The van der Waals surface area contributed by atoms with Crippen molar-refractivity contribution >= 4 is 16.7 Å². The number of nitrogens with zero attached hydrogens (tertiary/aromatic N) is 2. The summed E-state index contributed by atoms with van der Waals surface area (Å²) < 4.78 is 5.16. The highest BCUT2D eigenvalue weighted by Crippen LogP contribution is 2.36. The summed E-state index contributed by atoms with van der Waals surface area (Å²) in [7, 11) is 1.53. The summed E-state index contributed by atoms with van der Waals surface area (Å²) in [5.41, 5.74) is -3.31. The molecule has 0 saturated carbocycles. The molecule has 0 aliphatic heterocycles. The molecule has 2 rings (SSSR count). The molecule has 0 aliphatic carbocycles. The average molecular weight is 392 g/mol. The molecular formula is C18H20N2O8. The lowest BCUT2D eigenvalue weighted by atomic mass is 9.73. The molecule has 0 amide bonds. The van der Waals surface area contributed by atoms with Crippen molar-refractivity contribution in [2.75, 3.05) is 13.7 Å². The number of hydrogen-bond donors (Lipinski definition) is 1. The first-order valence-corrected chi connectivity index (χ1v) is 8.25. The summed E-state index contributed by atoms with van der Waals surface area (Å²) in [6.45, 7) is 1.62. The van der Waals surface area contributed by atoms with Crippen LogP contribution in [0.1, 0.15) is 25.8 Å². The highest BCUT2D eigenvalue weighted by atomic mass is 17.0. The zero-order chi connectivity index (χ0) is 21.1. The Morgan fingerprint density at radius 3 is 2.25 bits per heavy atom. The number of nitro groups is 1. The summed E-state index contributed by atoms with van der Waals surface area (Å²) >= 11 is 0. The summed E-state index contributed by atoms with van der Waals surface area (Å²) in [5, 5.41) is 32.3. The van der Waals surface area contributed by atoms with E-state index in [2.05, 4.69) is 4.84 Å². The van der Waals surface area contributed by atoms with Crippen LogP contribution in [0.4, 0.5) is 0 Å². The Morgan fingerprint density at radius 1 is 1.11 bits per heavy atom. The number of carboxylic acids is 1. The van der Waals surface area contributed by atoms with Crippen LogP contribution in [0.25, 0.3) is 10.8 Å². The molecule has 2 atom stereocenters. The van der Waals surface area contributed by atoms with E-state index in [9.17, 15) is 30.1 Å². The summed E-state index contributed by atoms with van der Waals surface area (Å²) in [4.78, 5) is 37.5. The van der Waals surface area contributed by atoms with Gasteiger partial charge in [-0.1, -0.05) is 24.3 Å². The smallest absolute Gasteiger partial charge is 0.314 e. The van der Waals surface area contributed by atoms with E-state index in [-0.39, 0.29) is 0 Å². The van der Waals surface area contributed by atoms with Gasteiger partial charge < -0.3 is 14.7 Å². The summed E-state index contributed by atoms with van der Waals surface area (Å²) in [6, 6.07) is 10.2. The Kier molecular flexibility index (Phi) is 5.72. The molecule has 2 aromatic rings. The highest BCUT2D eigenvalue weighted by molar-refractivity contribution is 5.88. The Morgan fingerprint density at radius 2 is 1.71 bits per heavy atom. The largest absolute Gasteiger partial charge is 0.497 e. The molecule has 0 fully saturated rings. The monoisotopic (exact) mass is 392 g/mol. The van der Waals surface area contributed by atoms with Gasteiger partial charge in [-0.2, -0.15) is 0 Å². The molecule has 0 radical (unpaired) electrons. The maximum absolute atomic E-state index is 12.1. The van der Waals surface area contributed by atoms with Gasteiger partial charge in [0, 0.05) is 18.3 Å². The quantitative estimate of drug-likeness (QED) is 0.507. The number of benzene rings is 2. The number of rotatable bonds is 9.